The van der Waals surface area contributed by atoms with Gasteiger partial charge >= 0.3 is 0 Å². The first kappa shape index (κ1) is 15.4. The number of aromatic nitrogens is 2. The highest BCUT2D eigenvalue weighted by atomic mass is 35.5. The molecule has 1 N–H and O–H groups in total. The van der Waals surface area contributed by atoms with E-state index in [4.69, 9.17) is 11.6 Å². The normalized spacial score (nSPS) is 10.7. The molecule has 0 aliphatic heterocycles. The Morgan fingerprint density at radius 1 is 1.22 bits per heavy atom. The molecule has 0 atom stereocenters. The van der Waals surface area contributed by atoms with E-state index in [1.54, 1.807) is 35.0 Å². The van der Waals surface area contributed by atoms with Crippen LogP contribution in [-0.2, 0) is 6.61 Å². The molecule has 23 heavy (non-hydrogen) atoms. The van der Waals surface area contributed by atoms with E-state index in [-0.39, 0.29) is 17.7 Å². The van der Waals surface area contributed by atoms with Gasteiger partial charge in [-0.25, -0.2) is 9.37 Å². The van der Waals surface area contributed by atoms with E-state index in [9.17, 15) is 14.3 Å². The standard InChI is InChI=1S/C17H12ClFN2O2/c18-14-4-2-1-3-12(14)17(23)13-9-11(19)5-6-15(13)21-8-7-20-16(21)10-22/h1-9,22H,10H2. The van der Waals surface area contributed by atoms with Gasteiger partial charge in [-0.3, -0.25) is 4.79 Å². The Morgan fingerprint density at radius 3 is 2.74 bits per heavy atom. The van der Waals surface area contributed by atoms with E-state index in [0.717, 1.165) is 6.07 Å². The number of benzene rings is 2. The number of hydrogen-bond acceptors (Lipinski definition) is 3. The maximum absolute atomic E-state index is 13.7. The van der Waals surface area contributed by atoms with Crippen molar-refractivity contribution in [3.63, 3.8) is 0 Å². The molecule has 0 aliphatic carbocycles. The number of halogens is 2. The molecule has 0 aliphatic rings. The molecule has 0 spiro atoms. The minimum absolute atomic E-state index is 0.144. The number of carbonyl (C=O) groups is 1. The van der Waals surface area contributed by atoms with Gasteiger partial charge in [0.25, 0.3) is 0 Å². The van der Waals surface area contributed by atoms with Crippen molar-refractivity contribution in [2.45, 2.75) is 6.61 Å². The number of hydrogen-bond donors (Lipinski definition) is 1. The SMILES string of the molecule is O=C(c1ccccc1Cl)c1cc(F)ccc1-n1ccnc1CO. The molecule has 4 nitrogen and oxygen atoms in total. The van der Waals surface area contributed by atoms with Gasteiger partial charge in [-0.05, 0) is 30.3 Å². The number of carbonyl (C=O) groups excluding carboxylic acids is 1. The average Bonchev–Trinajstić information content (AvgIpc) is 3.03. The van der Waals surface area contributed by atoms with E-state index in [1.165, 1.54) is 18.3 Å². The highest BCUT2D eigenvalue weighted by molar-refractivity contribution is 6.35. The fourth-order valence-electron chi connectivity index (χ4n) is 2.36. The quantitative estimate of drug-likeness (QED) is 0.746. The fourth-order valence-corrected chi connectivity index (χ4v) is 2.58. The van der Waals surface area contributed by atoms with Crippen molar-refractivity contribution >= 4 is 17.4 Å². The summed E-state index contributed by atoms with van der Waals surface area (Å²) in [5.41, 5.74) is 0.857. The van der Waals surface area contributed by atoms with Crippen molar-refractivity contribution < 1.29 is 14.3 Å². The van der Waals surface area contributed by atoms with Gasteiger partial charge in [0.2, 0.25) is 0 Å². The second kappa shape index (κ2) is 6.32. The molecule has 0 radical (unpaired) electrons. The molecule has 0 unspecified atom stereocenters. The molecule has 3 aromatic rings. The number of rotatable bonds is 4. The Hall–Kier alpha value is -2.50. The van der Waals surface area contributed by atoms with Crippen LogP contribution in [0.3, 0.4) is 0 Å². The number of aliphatic hydroxyl groups excluding tert-OH is 1. The summed E-state index contributed by atoms with van der Waals surface area (Å²) in [5.74, 6) is -0.581. The zero-order valence-corrected chi connectivity index (χ0v) is 12.7. The number of aliphatic hydroxyl groups is 1. The second-order valence-electron chi connectivity index (χ2n) is 4.84. The van der Waals surface area contributed by atoms with Gasteiger partial charge in [0.15, 0.2) is 5.78 Å². The van der Waals surface area contributed by atoms with Crippen molar-refractivity contribution in [3.05, 3.63) is 82.6 Å². The van der Waals surface area contributed by atoms with E-state index >= 15 is 0 Å². The number of ketones is 1. The zero-order valence-electron chi connectivity index (χ0n) is 11.9. The van der Waals surface area contributed by atoms with Crippen molar-refractivity contribution in [3.8, 4) is 5.69 Å². The Balaban J connectivity index is 2.18. The highest BCUT2D eigenvalue weighted by Gasteiger charge is 2.19. The van der Waals surface area contributed by atoms with Crippen LogP contribution in [0.5, 0.6) is 0 Å². The summed E-state index contributed by atoms with van der Waals surface area (Å²) in [4.78, 5) is 16.8. The molecular formula is C17H12ClFN2O2. The van der Waals surface area contributed by atoms with Gasteiger partial charge in [-0.1, -0.05) is 23.7 Å². The lowest BCUT2D eigenvalue weighted by Crippen LogP contribution is -2.10. The summed E-state index contributed by atoms with van der Waals surface area (Å²) in [5, 5.41) is 9.64. The first-order valence-electron chi connectivity index (χ1n) is 6.84. The van der Waals surface area contributed by atoms with Crippen LogP contribution in [0.2, 0.25) is 5.02 Å². The van der Waals surface area contributed by atoms with Gasteiger partial charge in [0.1, 0.15) is 18.2 Å². The van der Waals surface area contributed by atoms with E-state index in [1.807, 2.05) is 0 Å². The lowest BCUT2D eigenvalue weighted by Gasteiger charge is -2.12. The van der Waals surface area contributed by atoms with E-state index < -0.39 is 11.6 Å². The van der Waals surface area contributed by atoms with Gasteiger partial charge in [-0.2, -0.15) is 0 Å². The summed E-state index contributed by atoms with van der Waals surface area (Å²) < 4.78 is 15.2. The monoisotopic (exact) mass is 330 g/mol. The Bertz CT molecular complexity index is 877. The van der Waals surface area contributed by atoms with Gasteiger partial charge in [0.05, 0.1) is 10.7 Å². The van der Waals surface area contributed by atoms with Crippen LogP contribution in [-0.4, -0.2) is 20.4 Å². The lowest BCUT2D eigenvalue weighted by atomic mass is 10.0. The summed E-state index contributed by atoms with van der Waals surface area (Å²) >= 11 is 6.07. The van der Waals surface area contributed by atoms with Crippen molar-refractivity contribution in [2.75, 3.05) is 0 Å². The van der Waals surface area contributed by atoms with Crippen LogP contribution >= 0.6 is 11.6 Å². The highest BCUT2D eigenvalue weighted by Crippen LogP contribution is 2.24. The van der Waals surface area contributed by atoms with Crippen molar-refractivity contribution in [2.24, 2.45) is 0 Å². The van der Waals surface area contributed by atoms with Crippen LogP contribution in [0.25, 0.3) is 5.69 Å². The maximum Gasteiger partial charge on any atom is 0.196 e. The predicted octanol–water partition coefficient (Wildman–Crippen LogP) is 3.39. The zero-order chi connectivity index (χ0) is 16.4. The van der Waals surface area contributed by atoms with Crippen LogP contribution in [0.4, 0.5) is 4.39 Å². The smallest absolute Gasteiger partial charge is 0.196 e. The minimum atomic E-state index is -0.533. The summed E-state index contributed by atoms with van der Waals surface area (Å²) in [6.07, 6.45) is 3.10. The number of imidazole rings is 1. The maximum atomic E-state index is 13.7. The van der Waals surface area contributed by atoms with Crippen LogP contribution in [0.1, 0.15) is 21.7 Å². The Kier molecular flexibility index (Phi) is 4.23. The molecule has 0 saturated carbocycles. The largest absolute Gasteiger partial charge is 0.388 e. The predicted molar refractivity (Wildman–Crippen MR) is 84.3 cm³/mol. The molecule has 0 bridgehead atoms. The third-order valence-electron chi connectivity index (χ3n) is 3.44. The molecule has 0 amide bonds. The van der Waals surface area contributed by atoms with Crippen LogP contribution in [0, 0.1) is 5.82 Å². The van der Waals surface area contributed by atoms with Crippen molar-refractivity contribution in [1.29, 1.82) is 0 Å². The molecule has 1 heterocycles. The Labute approximate surface area is 136 Å². The van der Waals surface area contributed by atoms with Crippen molar-refractivity contribution in [1.82, 2.24) is 9.55 Å². The fraction of sp³-hybridized carbons (Fsp3) is 0.0588. The summed E-state index contributed by atoms with van der Waals surface area (Å²) in [6, 6.07) is 10.5. The summed E-state index contributed by atoms with van der Waals surface area (Å²) in [7, 11) is 0. The van der Waals surface area contributed by atoms with Gasteiger partial charge < -0.3 is 9.67 Å². The number of nitrogens with zero attached hydrogens (tertiary/aromatic N) is 2. The van der Waals surface area contributed by atoms with E-state index in [0.29, 0.717) is 16.5 Å². The van der Waals surface area contributed by atoms with Crippen LogP contribution in [0.15, 0.2) is 54.9 Å². The topological polar surface area (TPSA) is 55.1 Å². The molecule has 3 rings (SSSR count). The molecule has 2 aromatic carbocycles. The average molecular weight is 331 g/mol. The first-order chi connectivity index (χ1) is 11.1. The van der Waals surface area contributed by atoms with Crippen LogP contribution < -0.4 is 0 Å². The van der Waals surface area contributed by atoms with Gasteiger partial charge in [-0.15, -0.1) is 0 Å². The first-order valence-corrected chi connectivity index (χ1v) is 7.22. The van der Waals surface area contributed by atoms with Gasteiger partial charge in [0, 0.05) is 23.5 Å². The van der Waals surface area contributed by atoms with E-state index in [2.05, 4.69) is 4.98 Å². The molecule has 116 valence electrons. The molecule has 0 fully saturated rings. The Morgan fingerprint density at radius 2 is 2.00 bits per heavy atom. The molecule has 1 aromatic heterocycles. The molecular weight excluding hydrogens is 319 g/mol. The lowest BCUT2D eigenvalue weighted by molar-refractivity contribution is 0.103. The minimum Gasteiger partial charge on any atom is -0.388 e. The molecule has 6 heteroatoms. The second-order valence-corrected chi connectivity index (χ2v) is 5.25. The molecule has 0 saturated heterocycles. The third kappa shape index (κ3) is 2.88. The third-order valence-corrected chi connectivity index (χ3v) is 3.77. The summed E-state index contributed by atoms with van der Waals surface area (Å²) in [6.45, 7) is -0.301.